The molecule has 0 aliphatic carbocycles. The van der Waals surface area contributed by atoms with Gasteiger partial charge < -0.3 is 5.73 Å². The van der Waals surface area contributed by atoms with Gasteiger partial charge in [-0.1, -0.05) is 17.7 Å². The lowest BCUT2D eigenvalue weighted by Crippen LogP contribution is -2.15. The Hall–Kier alpha value is -0.970. The highest BCUT2D eigenvalue weighted by Gasteiger charge is 2.13. The lowest BCUT2D eigenvalue weighted by atomic mass is 9.99. The Kier molecular flexibility index (Phi) is 4.55. The molecule has 0 heterocycles. The molecule has 2 N–H and O–H groups in total. The third-order valence-corrected chi connectivity index (χ3v) is 3.64. The molecule has 19 heavy (non-hydrogen) atoms. The van der Waals surface area contributed by atoms with Crippen LogP contribution in [0, 0.1) is 11.6 Å². The molecule has 1 nitrogen and oxygen atoms in total. The SMILES string of the molecule is NC(Cc1ccc(F)c(Br)c1)c1cc(Cl)ccc1F. The van der Waals surface area contributed by atoms with Gasteiger partial charge in [-0.25, -0.2) is 8.78 Å². The molecule has 2 rings (SSSR count). The van der Waals surface area contributed by atoms with Crippen LogP contribution in [-0.2, 0) is 6.42 Å². The summed E-state index contributed by atoms with van der Waals surface area (Å²) < 4.78 is 27.1. The highest BCUT2D eigenvalue weighted by Crippen LogP contribution is 2.24. The van der Waals surface area contributed by atoms with Crippen molar-refractivity contribution >= 4 is 27.5 Å². The van der Waals surface area contributed by atoms with Crippen LogP contribution in [-0.4, -0.2) is 0 Å². The Morgan fingerprint density at radius 1 is 1.11 bits per heavy atom. The summed E-state index contributed by atoms with van der Waals surface area (Å²) in [5.41, 5.74) is 7.15. The maximum Gasteiger partial charge on any atom is 0.137 e. The van der Waals surface area contributed by atoms with Crippen molar-refractivity contribution in [2.75, 3.05) is 0 Å². The highest BCUT2D eigenvalue weighted by molar-refractivity contribution is 9.10. The number of rotatable bonds is 3. The average molecular weight is 347 g/mol. The summed E-state index contributed by atoms with van der Waals surface area (Å²) in [4.78, 5) is 0. The fourth-order valence-electron chi connectivity index (χ4n) is 1.83. The van der Waals surface area contributed by atoms with Crippen LogP contribution in [0.25, 0.3) is 0 Å². The molecular formula is C14H11BrClF2N. The first-order chi connectivity index (χ1) is 8.97. The van der Waals surface area contributed by atoms with Crippen molar-refractivity contribution in [2.45, 2.75) is 12.5 Å². The molecule has 0 fully saturated rings. The van der Waals surface area contributed by atoms with Crippen LogP contribution in [0.15, 0.2) is 40.9 Å². The lowest BCUT2D eigenvalue weighted by Gasteiger charge is -2.14. The molecule has 2 aromatic rings. The van der Waals surface area contributed by atoms with Crippen LogP contribution in [0.2, 0.25) is 5.02 Å². The summed E-state index contributed by atoms with van der Waals surface area (Å²) in [6.07, 6.45) is 0.399. The van der Waals surface area contributed by atoms with E-state index in [1.54, 1.807) is 12.1 Å². The maximum atomic E-state index is 13.7. The predicted molar refractivity (Wildman–Crippen MR) is 76.1 cm³/mol. The second-order valence-electron chi connectivity index (χ2n) is 4.22. The molecule has 5 heteroatoms. The molecule has 2 aromatic carbocycles. The van der Waals surface area contributed by atoms with Gasteiger partial charge in [-0.3, -0.25) is 0 Å². The number of halogens is 4. The lowest BCUT2D eigenvalue weighted by molar-refractivity contribution is 0.579. The normalized spacial score (nSPS) is 12.5. The van der Waals surface area contributed by atoms with Crippen LogP contribution < -0.4 is 5.73 Å². The molecule has 1 atom stereocenters. The van der Waals surface area contributed by atoms with Crippen LogP contribution in [0.4, 0.5) is 8.78 Å². The van der Waals surface area contributed by atoms with Gasteiger partial charge in [-0.15, -0.1) is 0 Å². The fourth-order valence-corrected chi connectivity index (χ4v) is 2.44. The molecule has 0 bridgehead atoms. The zero-order valence-electron chi connectivity index (χ0n) is 9.84. The van der Waals surface area contributed by atoms with E-state index in [1.165, 1.54) is 24.3 Å². The van der Waals surface area contributed by atoms with Gasteiger partial charge in [0.2, 0.25) is 0 Å². The quantitative estimate of drug-likeness (QED) is 0.862. The third kappa shape index (κ3) is 3.53. The Bertz CT molecular complexity index is 604. The molecule has 0 aliphatic rings. The Labute approximate surface area is 123 Å². The summed E-state index contributed by atoms with van der Waals surface area (Å²) >= 11 is 8.94. The zero-order chi connectivity index (χ0) is 14.0. The first-order valence-corrected chi connectivity index (χ1v) is 6.79. The highest BCUT2D eigenvalue weighted by atomic mass is 79.9. The minimum Gasteiger partial charge on any atom is -0.324 e. The van der Waals surface area contributed by atoms with Crippen molar-refractivity contribution in [1.82, 2.24) is 0 Å². The molecule has 0 saturated heterocycles. The number of hydrogen-bond donors (Lipinski definition) is 1. The second-order valence-corrected chi connectivity index (χ2v) is 5.52. The number of benzene rings is 2. The van der Waals surface area contributed by atoms with Gasteiger partial charge >= 0.3 is 0 Å². The molecule has 0 aromatic heterocycles. The standard InChI is InChI=1S/C14H11BrClF2N/c15-11-5-8(1-3-13(11)18)6-14(19)10-7-9(16)2-4-12(10)17/h1-5,7,14H,6,19H2. The fraction of sp³-hybridized carbons (Fsp3) is 0.143. The van der Waals surface area contributed by atoms with Gasteiger partial charge in [-0.2, -0.15) is 0 Å². The van der Waals surface area contributed by atoms with E-state index in [-0.39, 0.29) is 5.82 Å². The van der Waals surface area contributed by atoms with Gasteiger partial charge in [0.1, 0.15) is 11.6 Å². The number of nitrogens with two attached hydrogens (primary N) is 1. The van der Waals surface area contributed by atoms with Crippen molar-refractivity contribution in [3.8, 4) is 0 Å². The van der Waals surface area contributed by atoms with Crippen molar-refractivity contribution < 1.29 is 8.78 Å². The zero-order valence-corrected chi connectivity index (χ0v) is 12.2. The smallest absolute Gasteiger partial charge is 0.137 e. The minimum absolute atomic E-state index is 0.341. The van der Waals surface area contributed by atoms with Crippen LogP contribution in [0.5, 0.6) is 0 Å². The van der Waals surface area contributed by atoms with Gasteiger partial charge in [0, 0.05) is 16.6 Å². The van der Waals surface area contributed by atoms with E-state index in [1.807, 2.05) is 0 Å². The molecule has 0 aliphatic heterocycles. The summed E-state index contributed by atoms with van der Waals surface area (Å²) in [5.74, 6) is -0.732. The summed E-state index contributed by atoms with van der Waals surface area (Å²) in [5, 5.41) is 0.437. The molecule has 0 saturated carbocycles. The second kappa shape index (κ2) is 5.99. The first kappa shape index (κ1) is 14.4. The Morgan fingerprint density at radius 3 is 2.47 bits per heavy atom. The molecule has 1 unspecified atom stereocenters. The largest absolute Gasteiger partial charge is 0.324 e. The number of hydrogen-bond acceptors (Lipinski definition) is 1. The summed E-state index contributed by atoms with van der Waals surface area (Å²) in [7, 11) is 0. The van der Waals surface area contributed by atoms with E-state index in [4.69, 9.17) is 17.3 Å². The van der Waals surface area contributed by atoms with Crippen molar-refractivity contribution in [3.63, 3.8) is 0 Å². The van der Waals surface area contributed by atoms with E-state index in [2.05, 4.69) is 15.9 Å². The maximum absolute atomic E-state index is 13.7. The Balaban J connectivity index is 2.22. The van der Waals surface area contributed by atoms with E-state index in [9.17, 15) is 8.78 Å². The third-order valence-electron chi connectivity index (χ3n) is 2.80. The monoisotopic (exact) mass is 345 g/mol. The van der Waals surface area contributed by atoms with E-state index in [0.717, 1.165) is 5.56 Å². The summed E-state index contributed by atoms with van der Waals surface area (Å²) in [6.45, 7) is 0. The van der Waals surface area contributed by atoms with Crippen LogP contribution >= 0.6 is 27.5 Å². The molecule has 0 spiro atoms. The Morgan fingerprint density at radius 2 is 1.79 bits per heavy atom. The average Bonchev–Trinajstić information content (AvgIpc) is 2.36. The minimum atomic E-state index is -0.531. The van der Waals surface area contributed by atoms with Crippen molar-refractivity contribution in [1.29, 1.82) is 0 Å². The van der Waals surface area contributed by atoms with Crippen molar-refractivity contribution in [2.24, 2.45) is 5.73 Å². The van der Waals surface area contributed by atoms with E-state index in [0.29, 0.717) is 21.5 Å². The van der Waals surface area contributed by atoms with Gasteiger partial charge in [0.25, 0.3) is 0 Å². The van der Waals surface area contributed by atoms with Crippen LogP contribution in [0.3, 0.4) is 0 Å². The van der Waals surface area contributed by atoms with E-state index >= 15 is 0 Å². The van der Waals surface area contributed by atoms with Gasteiger partial charge in [0.05, 0.1) is 4.47 Å². The first-order valence-electron chi connectivity index (χ1n) is 5.62. The summed E-state index contributed by atoms with van der Waals surface area (Å²) in [6, 6.07) is 8.36. The van der Waals surface area contributed by atoms with Gasteiger partial charge in [-0.05, 0) is 58.2 Å². The van der Waals surface area contributed by atoms with Crippen LogP contribution in [0.1, 0.15) is 17.2 Å². The van der Waals surface area contributed by atoms with Gasteiger partial charge in [0.15, 0.2) is 0 Å². The molecule has 0 radical (unpaired) electrons. The molecule has 100 valence electrons. The van der Waals surface area contributed by atoms with Crippen molar-refractivity contribution in [3.05, 3.63) is 68.7 Å². The molecular weight excluding hydrogens is 336 g/mol. The topological polar surface area (TPSA) is 26.0 Å². The predicted octanol–water partition coefficient (Wildman–Crippen LogP) is 4.62. The van der Waals surface area contributed by atoms with E-state index < -0.39 is 11.9 Å². The molecule has 0 amide bonds.